The van der Waals surface area contributed by atoms with E-state index < -0.39 is 11.7 Å². The standard InChI is InChI=1S/C14H9ClF3N3/c15-9-1-3-13(11(6-9)14(16,17)18)21-12-4-2-10(20)5-8(12)7-19/h1-6,21H,20H2. The van der Waals surface area contributed by atoms with Gasteiger partial charge in [0.05, 0.1) is 22.5 Å². The normalized spacial score (nSPS) is 11.0. The number of nitrogen functional groups attached to an aromatic ring is 1. The third-order valence-corrected chi connectivity index (χ3v) is 2.96. The van der Waals surface area contributed by atoms with E-state index in [1.165, 1.54) is 30.3 Å². The number of nitrogens with zero attached hydrogens (tertiary/aromatic N) is 1. The number of halogens is 4. The molecular formula is C14H9ClF3N3. The van der Waals surface area contributed by atoms with Crippen molar-refractivity contribution in [1.29, 1.82) is 5.26 Å². The molecule has 0 aliphatic rings. The summed E-state index contributed by atoms with van der Waals surface area (Å²) >= 11 is 5.61. The number of alkyl halides is 3. The van der Waals surface area contributed by atoms with Gasteiger partial charge in [-0.15, -0.1) is 0 Å². The maximum Gasteiger partial charge on any atom is 0.418 e. The van der Waals surface area contributed by atoms with E-state index in [1.807, 2.05) is 6.07 Å². The first kappa shape index (κ1) is 15.0. The van der Waals surface area contributed by atoms with Gasteiger partial charge in [0.2, 0.25) is 0 Å². The lowest BCUT2D eigenvalue weighted by Gasteiger charge is -2.15. The zero-order valence-corrected chi connectivity index (χ0v) is 11.3. The third kappa shape index (κ3) is 3.38. The van der Waals surface area contributed by atoms with Crippen molar-refractivity contribution in [3.63, 3.8) is 0 Å². The molecule has 0 atom stereocenters. The predicted octanol–water partition coefficient (Wildman–Crippen LogP) is 4.56. The number of hydrogen-bond acceptors (Lipinski definition) is 3. The fraction of sp³-hybridized carbons (Fsp3) is 0.0714. The van der Waals surface area contributed by atoms with Crippen molar-refractivity contribution in [3.05, 3.63) is 52.5 Å². The maximum atomic E-state index is 13.0. The number of rotatable bonds is 2. The molecule has 0 aromatic heterocycles. The van der Waals surface area contributed by atoms with E-state index in [4.69, 9.17) is 22.6 Å². The molecule has 108 valence electrons. The summed E-state index contributed by atoms with van der Waals surface area (Å²) in [5.74, 6) is 0. The lowest BCUT2D eigenvalue weighted by Crippen LogP contribution is -2.09. The Morgan fingerprint density at radius 2 is 1.76 bits per heavy atom. The molecule has 0 bridgehead atoms. The van der Waals surface area contributed by atoms with Gasteiger partial charge in [0.25, 0.3) is 0 Å². The van der Waals surface area contributed by atoms with Crippen molar-refractivity contribution in [2.75, 3.05) is 11.1 Å². The summed E-state index contributed by atoms with van der Waals surface area (Å²) in [5, 5.41) is 11.6. The second-order valence-corrected chi connectivity index (χ2v) is 4.67. The van der Waals surface area contributed by atoms with E-state index in [9.17, 15) is 13.2 Å². The van der Waals surface area contributed by atoms with Crippen LogP contribution < -0.4 is 11.1 Å². The van der Waals surface area contributed by atoms with Gasteiger partial charge in [-0.2, -0.15) is 18.4 Å². The molecule has 7 heteroatoms. The van der Waals surface area contributed by atoms with Crippen molar-refractivity contribution in [3.8, 4) is 6.07 Å². The highest BCUT2D eigenvalue weighted by molar-refractivity contribution is 6.30. The molecule has 0 spiro atoms. The minimum Gasteiger partial charge on any atom is -0.399 e. The molecule has 2 aromatic rings. The van der Waals surface area contributed by atoms with Crippen LogP contribution in [0.15, 0.2) is 36.4 Å². The molecule has 21 heavy (non-hydrogen) atoms. The van der Waals surface area contributed by atoms with Crippen LogP contribution in [-0.2, 0) is 6.18 Å². The van der Waals surface area contributed by atoms with E-state index in [2.05, 4.69) is 5.32 Å². The Labute approximate surface area is 123 Å². The van der Waals surface area contributed by atoms with Crippen LogP contribution in [0.25, 0.3) is 0 Å². The topological polar surface area (TPSA) is 61.8 Å². The van der Waals surface area contributed by atoms with E-state index in [0.717, 1.165) is 6.07 Å². The van der Waals surface area contributed by atoms with Gasteiger partial charge >= 0.3 is 6.18 Å². The lowest BCUT2D eigenvalue weighted by atomic mass is 10.1. The number of benzene rings is 2. The van der Waals surface area contributed by atoms with Crippen LogP contribution in [0.4, 0.5) is 30.2 Å². The summed E-state index contributed by atoms with van der Waals surface area (Å²) in [6, 6.07) is 9.57. The Bertz CT molecular complexity index is 720. The highest BCUT2D eigenvalue weighted by Gasteiger charge is 2.34. The van der Waals surface area contributed by atoms with E-state index in [-0.39, 0.29) is 22.0 Å². The minimum absolute atomic E-state index is 0.0225. The molecule has 0 heterocycles. The van der Waals surface area contributed by atoms with Crippen molar-refractivity contribution < 1.29 is 13.2 Å². The van der Waals surface area contributed by atoms with Crippen LogP contribution in [-0.4, -0.2) is 0 Å². The summed E-state index contributed by atoms with van der Waals surface area (Å²) in [7, 11) is 0. The summed E-state index contributed by atoms with van der Waals surface area (Å²) in [6.45, 7) is 0. The largest absolute Gasteiger partial charge is 0.418 e. The number of nitrogens with two attached hydrogens (primary N) is 1. The zero-order chi connectivity index (χ0) is 15.6. The Kier molecular flexibility index (Phi) is 3.96. The first-order valence-corrected chi connectivity index (χ1v) is 6.12. The molecule has 0 radical (unpaired) electrons. The smallest absolute Gasteiger partial charge is 0.399 e. The van der Waals surface area contributed by atoms with Gasteiger partial charge in [0.1, 0.15) is 6.07 Å². The first-order chi connectivity index (χ1) is 9.81. The minimum atomic E-state index is -4.56. The Hall–Kier alpha value is -2.39. The van der Waals surface area contributed by atoms with Gasteiger partial charge in [0, 0.05) is 10.7 Å². The summed E-state index contributed by atoms with van der Waals surface area (Å²) in [5.41, 5.74) is 5.18. The molecule has 0 aliphatic heterocycles. The molecule has 0 aliphatic carbocycles. The number of nitriles is 1. The van der Waals surface area contributed by atoms with Gasteiger partial charge in [-0.3, -0.25) is 0 Å². The predicted molar refractivity (Wildman–Crippen MR) is 75.3 cm³/mol. The lowest BCUT2D eigenvalue weighted by molar-refractivity contribution is -0.136. The van der Waals surface area contributed by atoms with Gasteiger partial charge < -0.3 is 11.1 Å². The quantitative estimate of drug-likeness (QED) is 0.799. The summed E-state index contributed by atoms with van der Waals surface area (Å²) < 4.78 is 39.0. The van der Waals surface area contributed by atoms with Crippen LogP contribution >= 0.6 is 11.6 Å². The van der Waals surface area contributed by atoms with Gasteiger partial charge in [-0.1, -0.05) is 11.6 Å². The summed E-state index contributed by atoms with van der Waals surface area (Å²) in [4.78, 5) is 0. The van der Waals surface area contributed by atoms with Gasteiger partial charge in [0.15, 0.2) is 0 Å². The van der Waals surface area contributed by atoms with Crippen LogP contribution in [0.3, 0.4) is 0 Å². The molecule has 0 unspecified atom stereocenters. The molecule has 3 N–H and O–H groups in total. The van der Waals surface area contributed by atoms with E-state index in [0.29, 0.717) is 5.69 Å². The SMILES string of the molecule is N#Cc1cc(N)ccc1Nc1ccc(Cl)cc1C(F)(F)F. The second-order valence-electron chi connectivity index (χ2n) is 4.23. The van der Waals surface area contributed by atoms with Crippen molar-refractivity contribution in [1.82, 2.24) is 0 Å². The molecule has 2 rings (SSSR count). The van der Waals surface area contributed by atoms with Crippen LogP contribution in [0.5, 0.6) is 0 Å². The molecule has 0 fully saturated rings. The average molecular weight is 312 g/mol. The van der Waals surface area contributed by atoms with Crippen LogP contribution in [0.1, 0.15) is 11.1 Å². The molecule has 2 aromatic carbocycles. The zero-order valence-electron chi connectivity index (χ0n) is 10.5. The number of anilines is 3. The monoisotopic (exact) mass is 311 g/mol. The Morgan fingerprint density at radius 1 is 1.10 bits per heavy atom. The number of nitrogens with one attached hydrogen (secondary N) is 1. The molecular weight excluding hydrogens is 303 g/mol. The molecule has 0 saturated heterocycles. The van der Waals surface area contributed by atoms with E-state index in [1.54, 1.807) is 0 Å². The maximum absolute atomic E-state index is 13.0. The van der Waals surface area contributed by atoms with Gasteiger partial charge in [-0.25, -0.2) is 0 Å². The van der Waals surface area contributed by atoms with Crippen molar-refractivity contribution >= 4 is 28.7 Å². The number of hydrogen-bond donors (Lipinski definition) is 2. The Morgan fingerprint density at radius 3 is 2.38 bits per heavy atom. The fourth-order valence-electron chi connectivity index (χ4n) is 1.77. The van der Waals surface area contributed by atoms with Crippen LogP contribution in [0.2, 0.25) is 5.02 Å². The highest BCUT2D eigenvalue weighted by Crippen LogP contribution is 2.38. The van der Waals surface area contributed by atoms with Crippen molar-refractivity contribution in [2.45, 2.75) is 6.18 Å². The molecule has 0 amide bonds. The fourth-order valence-corrected chi connectivity index (χ4v) is 1.94. The summed E-state index contributed by atoms with van der Waals surface area (Å²) in [6.07, 6.45) is -4.56. The van der Waals surface area contributed by atoms with Crippen LogP contribution in [0, 0.1) is 11.3 Å². The molecule has 3 nitrogen and oxygen atoms in total. The second kappa shape index (κ2) is 5.54. The highest BCUT2D eigenvalue weighted by atomic mass is 35.5. The Balaban J connectivity index is 2.48. The van der Waals surface area contributed by atoms with Gasteiger partial charge in [-0.05, 0) is 36.4 Å². The van der Waals surface area contributed by atoms with E-state index >= 15 is 0 Å². The third-order valence-electron chi connectivity index (χ3n) is 2.72. The average Bonchev–Trinajstić information content (AvgIpc) is 2.41. The molecule has 0 saturated carbocycles. The first-order valence-electron chi connectivity index (χ1n) is 5.74. The van der Waals surface area contributed by atoms with Crippen molar-refractivity contribution in [2.24, 2.45) is 0 Å².